The molecule has 0 saturated heterocycles. The Morgan fingerprint density at radius 2 is 2.00 bits per heavy atom. The average Bonchev–Trinajstić information content (AvgIpc) is 2.38. The third-order valence-electron chi connectivity index (χ3n) is 3.17. The predicted molar refractivity (Wildman–Crippen MR) is 80.4 cm³/mol. The Labute approximate surface area is 119 Å². The molecule has 1 heterocycles. The lowest BCUT2D eigenvalue weighted by atomic mass is 10.1. The van der Waals surface area contributed by atoms with Gasteiger partial charge in [0.05, 0.1) is 11.3 Å². The number of aromatic nitrogens is 1. The van der Waals surface area contributed by atoms with Gasteiger partial charge in [-0.2, -0.15) is 0 Å². The molecule has 104 valence electrons. The maximum atomic E-state index is 12.4. The Kier molecular flexibility index (Phi) is 4.03. The van der Waals surface area contributed by atoms with Crippen molar-refractivity contribution in [3.05, 3.63) is 58.9 Å². The van der Waals surface area contributed by atoms with Crippen LogP contribution in [0.4, 0.5) is 5.69 Å². The lowest BCUT2D eigenvalue weighted by Gasteiger charge is -2.18. The van der Waals surface area contributed by atoms with Crippen molar-refractivity contribution < 1.29 is 4.79 Å². The SMILES string of the molecule is Cc1ccc(C(=O)N(C)Cc2cccc(N)c2)c(C)n1. The number of hydrogen-bond acceptors (Lipinski definition) is 3. The molecule has 0 bridgehead atoms. The second-order valence-electron chi connectivity index (χ2n) is 4.99. The maximum absolute atomic E-state index is 12.4. The summed E-state index contributed by atoms with van der Waals surface area (Å²) in [4.78, 5) is 18.4. The summed E-state index contributed by atoms with van der Waals surface area (Å²) in [5.41, 5.74) is 9.78. The molecular formula is C16H19N3O. The van der Waals surface area contributed by atoms with Crippen LogP contribution in [0.25, 0.3) is 0 Å². The molecule has 2 aromatic rings. The molecule has 1 aromatic carbocycles. The molecule has 1 amide bonds. The van der Waals surface area contributed by atoms with Crippen molar-refractivity contribution in [1.29, 1.82) is 0 Å². The van der Waals surface area contributed by atoms with Crippen LogP contribution in [0.2, 0.25) is 0 Å². The van der Waals surface area contributed by atoms with Gasteiger partial charge in [0.25, 0.3) is 5.91 Å². The van der Waals surface area contributed by atoms with Crippen LogP contribution in [0.1, 0.15) is 27.3 Å². The highest BCUT2D eigenvalue weighted by atomic mass is 16.2. The van der Waals surface area contributed by atoms with Crippen molar-refractivity contribution in [2.24, 2.45) is 0 Å². The van der Waals surface area contributed by atoms with Crippen LogP contribution < -0.4 is 5.73 Å². The number of nitrogen functional groups attached to an aromatic ring is 1. The lowest BCUT2D eigenvalue weighted by Crippen LogP contribution is -2.27. The third kappa shape index (κ3) is 3.15. The number of hydrogen-bond donors (Lipinski definition) is 1. The molecule has 4 nitrogen and oxygen atoms in total. The summed E-state index contributed by atoms with van der Waals surface area (Å²) >= 11 is 0. The van der Waals surface area contributed by atoms with E-state index in [1.165, 1.54) is 0 Å². The topological polar surface area (TPSA) is 59.2 Å². The Balaban J connectivity index is 2.16. The van der Waals surface area contributed by atoms with Gasteiger partial charge in [-0.1, -0.05) is 12.1 Å². The van der Waals surface area contributed by atoms with Crippen LogP contribution in [0.15, 0.2) is 36.4 Å². The van der Waals surface area contributed by atoms with Gasteiger partial charge in [-0.25, -0.2) is 0 Å². The van der Waals surface area contributed by atoms with Gasteiger partial charge in [0.2, 0.25) is 0 Å². The smallest absolute Gasteiger partial charge is 0.255 e. The van der Waals surface area contributed by atoms with E-state index in [4.69, 9.17) is 5.73 Å². The molecule has 0 fully saturated rings. The molecular weight excluding hydrogens is 250 g/mol. The minimum atomic E-state index is -0.0302. The van der Waals surface area contributed by atoms with E-state index >= 15 is 0 Å². The van der Waals surface area contributed by atoms with Crippen LogP contribution in [0, 0.1) is 13.8 Å². The predicted octanol–water partition coefficient (Wildman–Crippen LogP) is 2.55. The fourth-order valence-corrected chi connectivity index (χ4v) is 2.16. The van der Waals surface area contributed by atoms with Gasteiger partial charge < -0.3 is 10.6 Å². The van der Waals surface area contributed by atoms with Gasteiger partial charge in [0.1, 0.15) is 0 Å². The van der Waals surface area contributed by atoms with Crippen LogP contribution >= 0.6 is 0 Å². The van der Waals surface area contributed by atoms with E-state index in [-0.39, 0.29) is 5.91 Å². The van der Waals surface area contributed by atoms with Crippen LogP contribution in [0.3, 0.4) is 0 Å². The van der Waals surface area contributed by atoms with E-state index in [0.717, 1.165) is 17.0 Å². The molecule has 1 aromatic heterocycles. The highest BCUT2D eigenvalue weighted by Crippen LogP contribution is 2.13. The number of aryl methyl sites for hydroxylation is 2. The monoisotopic (exact) mass is 269 g/mol. The standard InChI is InChI=1S/C16H19N3O/c1-11-7-8-15(12(2)18-11)16(20)19(3)10-13-5-4-6-14(17)9-13/h4-9H,10,17H2,1-3H3. The summed E-state index contributed by atoms with van der Waals surface area (Å²) < 4.78 is 0. The summed E-state index contributed by atoms with van der Waals surface area (Å²) in [6.07, 6.45) is 0. The Hall–Kier alpha value is -2.36. The van der Waals surface area contributed by atoms with Crippen molar-refractivity contribution in [1.82, 2.24) is 9.88 Å². The first-order chi connectivity index (χ1) is 9.47. The van der Waals surface area contributed by atoms with E-state index < -0.39 is 0 Å². The minimum absolute atomic E-state index is 0.0302. The number of nitrogens with two attached hydrogens (primary N) is 1. The number of rotatable bonds is 3. The van der Waals surface area contributed by atoms with Gasteiger partial charge in [-0.15, -0.1) is 0 Å². The molecule has 0 aliphatic heterocycles. The summed E-state index contributed by atoms with van der Waals surface area (Å²) in [7, 11) is 1.78. The highest BCUT2D eigenvalue weighted by Gasteiger charge is 2.15. The molecule has 20 heavy (non-hydrogen) atoms. The van der Waals surface area contributed by atoms with Crippen molar-refractivity contribution in [2.45, 2.75) is 20.4 Å². The van der Waals surface area contributed by atoms with Crippen molar-refractivity contribution in [3.63, 3.8) is 0 Å². The van der Waals surface area contributed by atoms with Crippen LogP contribution in [-0.4, -0.2) is 22.8 Å². The zero-order chi connectivity index (χ0) is 14.7. The van der Waals surface area contributed by atoms with E-state index in [9.17, 15) is 4.79 Å². The van der Waals surface area contributed by atoms with Crippen LogP contribution in [-0.2, 0) is 6.54 Å². The van der Waals surface area contributed by atoms with Crippen molar-refractivity contribution in [3.8, 4) is 0 Å². The number of carbonyl (C=O) groups excluding carboxylic acids is 1. The molecule has 0 atom stereocenters. The molecule has 0 saturated carbocycles. The van der Waals surface area contributed by atoms with E-state index in [2.05, 4.69) is 4.98 Å². The zero-order valence-electron chi connectivity index (χ0n) is 12.1. The Morgan fingerprint density at radius 3 is 2.65 bits per heavy atom. The average molecular weight is 269 g/mol. The van der Waals surface area contributed by atoms with Crippen molar-refractivity contribution >= 4 is 11.6 Å². The van der Waals surface area contributed by atoms with E-state index in [0.29, 0.717) is 17.8 Å². The number of carbonyl (C=O) groups is 1. The molecule has 0 spiro atoms. The quantitative estimate of drug-likeness (QED) is 0.871. The fraction of sp³-hybridized carbons (Fsp3) is 0.250. The molecule has 4 heteroatoms. The van der Waals surface area contributed by atoms with Gasteiger partial charge in [0.15, 0.2) is 0 Å². The van der Waals surface area contributed by atoms with Gasteiger partial charge in [-0.3, -0.25) is 9.78 Å². The Bertz CT molecular complexity index is 637. The molecule has 2 rings (SSSR count). The van der Waals surface area contributed by atoms with Crippen LogP contribution in [0.5, 0.6) is 0 Å². The second kappa shape index (κ2) is 5.74. The maximum Gasteiger partial charge on any atom is 0.255 e. The summed E-state index contributed by atoms with van der Waals surface area (Å²) in [5, 5.41) is 0. The normalized spacial score (nSPS) is 10.3. The first-order valence-corrected chi connectivity index (χ1v) is 6.51. The van der Waals surface area contributed by atoms with E-state index in [1.54, 1.807) is 11.9 Å². The Morgan fingerprint density at radius 1 is 1.25 bits per heavy atom. The zero-order valence-corrected chi connectivity index (χ0v) is 12.1. The van der Waals surface area contributed by atoms with E-state index in [1.807, 2.05) is 50.2 Å². The number of anilines is 1. The van der Waals surface area contributed by atoms with Crippen molar-refractivity contribution in [2.75, 3.05) is 12.8 Å². The summed E-state index contributed by atoms with van der Waals surface area (Å²) in [5.74, 6) is -0.0302. The molecule has 2 N–H and O–H groups in total. The first kappa shape index (κ1) is 14.1. The van der Waals surface area contributed by atoms with Gasteiger partial charge >= 0.3 is 0 Å². The number of nitrogens with zero attached hydrogens (tertiary/aromatic N) is 2. The number of pyridine rings is 1. The second-order valence-corrected chi connectivity index (χ2v) is 4.99. The van der Waals surface area contributed by atoms with Gasteiger partial charge in [-0.05, 0) is 43.7 Å². The molecule has 0 radical (unpaired) electrons. The summed E-state index contributed by atoms with van der Waals surface area (Å²) in [6, 6.07) is 11.2. The highest BCUT2D eigenvalue weighted by molar-refractivity contribution is 5.95. The number of amides is 1. The number of benzene rings is 1. The summed E-state index contributed by atoms with van der Waals surface area (Å²) in [6.45, 7) is 4.30. The molecule has 0 aliphatic rings. The fourth-order valence-electron chi connectivity index (χ4n) is 2.16. The van der Waals surface area contributed by atoms with Gasteiger partial charge in [0, 0.05) is 25.0 Å². The molecule has 0 unspecified atom stereocenters. The largest absolute Gasteiger partial charge is 0.399 e. The third-order valence-corrected chi connectivity index (χ3v) is 3.17. The first-order valence-electron chi connectivity index (χ1n) is 6.51. The minimum Gasteiger partial charge on any atom is -0.399 e. The molecule has 0 aliphatic carbocycles. The lowest BCUT2D eigenvalue weighted by molar-refractivity contribution is 0.0784.